The van der Waals surface area contributed by atoms with Crippen molar-refractivity contribution in [2.75, 3.05) is 31.5 Å². The first-order chi connectivity index (χ1) is 11.0. The molecular formula is C14H19F3N6. The first-order valence-corrected chi connectivity index (χ1v) is 7.80. The summed E-state index contributed by atoms with van der Waals surface area (Å²) in [7, 11) is 0. The Bertz CT molecular complexity index is 647. The fourth-order valence-corrected chi connectivity index (χ4v) is 2.76. The lowest BCUT2D eigenvalue weighted by Crippen LogP contribution is -2.31. The third kappa shape index (κ3) is 3.90. The van der Waals surface area contributed by atoms with Crippen LogP contribution in [-0.4, -0.2) is 50.9 Å². The number of hydrogen-bond acceptors (Lipinski definition) is 5. The minimum atomic E-state index is -4.57. The van der Waals surface area contributed by atoms with Gasteiger partial charge < -0.3 is 10.2 Å². The fourth-order valence-electron chi connectivity index (χ4n) is 2.76. The molecule has 9 heteroatoms. The number of alkyl halides is 3. The van der Waals surface area contributed by atoms with Gasteiger partial charge in [0.05, 0.1) is 0 Å². The van der Waals surface area contributed by atoms with E-state index >= 15 is 0 Å². The zero-order chi connectivity index (χ0) is 16.3. The summed E-state index contributed by atoms with van der Waals surface area (Å²) >= 11 is 0. The second-order valence-corrected chi connectivity index (χ2v) is 5.69. The molecule has 2 aromatic rings. The number of piperidine rings is 1. The number of nitrogens with zero attached hydrogens (tertiary/aromatic N) is 5. The van der Waals surface area contributed by atoms with Crippen LogP contribution in [0.4, 0.5) is 19.0 Å². The topological polar surface area (TPSA) is 58.4 Å². The molecule has 1 saturated heterocycles. The fraction of sp³-hybridized carbons (Fsp3) is 0.643. The van der Waals surface area contributed by atoms with E-state index in [0.29, 0.717) is 12.4 Å². The van der Waals surface area contributed by atoms with Crippen molar-refractivity contribution in [2.45, 2.75) is 31.9 Å². The smallest absolute Gasteiger partial charge is 0.369 e. The number of hydrogen-bond donors (Lipinski definition) is 1. The van der Waals surface area contributed by atoms with Gasteiger partial charge in [0.25, 0.3) is 5.82 Å². The van der Waals surface area contributed by atoms with Crippen molar-refractivity contribution in [3.05, 3.63) is 18.0 Å². The molecule has 1 aliphatic rings. The molecule has 0 radical (unpaired) electrons. The van der Waals surface area contributed by atoms with Crippen LogP contribution < -0.4 is 5.32 Å². The molecule has 6 nitrogen and oxygen atoms in total. The van der Waals surface area contributed by atoms with Crippen molar-refractivity contribution in [1.29, 1.82) is 0 Å². The molecule has 0 atom stereocenters. The summed E-state index contributed by atoms with van der Waals surface area (Å²) in [4.78, 5) is 2.42. The summed E-state index contributed by atoms with van der Waals surface area (Å²) in [5.41, 5.74) is 0.0798. The van der Waals surface area contributed by atoms with Gasteiger partial charge in [0, 0.05) is 6.54 Å². The summed E-state index contributed by atoms with van der Waals surface area (Å²) in [6.45, 7) is 3.94. The zero-order valence-electron chi connectivity index (χ0n) is 12.7. The lowest BCUT2D eigenvalue weighted by atomic mass is 10.1. The molecule has 0 spiro atoms. The molecule has 2 aromatic heterocycles. The van der Waals surface area contributed by atoms with E-state index in [4.69, 9.17) is 0 Å². The third-order valence-corrected chi connectivity index (χ3v) is 3.92. The normalized spacial score (nSPS) is 16.8. The molecule has 0 aliphatic carbocycles. The second kappa shape index (κ2) is 6.69. The lowest BCUT2D eigenvalue weighted by molar-refractivity contribution is -0.146. The Hall–Kier alpha value is -1.90. The van der Waals surface area contributed by atoms with Gasteiger partial charge in [0.2, 0.25) is 0 Å². The highest BCUT2D eigenvalue weighted by atomic mass is 19.4. The minimum absolute atomic E-state index is 0.0798. The molecule has 0 bridgehead atoms. The van der Waals surface area contributed by atoms with Crippen LogP contribution in [0.3, 0.4) is 0 Å². The highest BCUT2D eigenvalue weighted by Crippen LogP contribution is 2.27. The van der Waals surface area contributed by atoms with E-state index in [9.17, 15) is 13.2 Å². The van der Waals surface area contributed by atoms with Gasteiger partial charge in [-0.15, -0.1) is 15.3 Å². The third-order valence-electron chi connectivity index (χ3n) is 3.92. The standard InChI is InChI=1S/C14H19F3N6/c15-14(16,17)13-20-19-12-6-5-11(21-23(12)13)18-7-4-10-22-8-2-1-3-9-22/h5-6H,1-4,7-10H2,(H,18,21). The summed E-state index contributed by atoms with van der Waals surface area (Å²) < 4.78 is 39.1. The average molecular weight is 328 g/mol. The number of nitrogens with one attached hydrogen (secondary N) is 1. The Morgan fingerprint density at radius 1 is 1.09 bits per heavy atom. The summed E-state index contributed by atoms with van der Waals surface area (Å²) in [6.07, 6.45) is 0.158. The van der Waals surface area contributed by atoms with Crippen LogP contribution in [-0.2, 0) is 6.18 Å². The Morgan fingerprint density at radius 2 is 1.87 bits per heavy atom. The monoisotopic (exact) mass is 328 g/mol. The largest absolute Gasteiger partial charge is 0.453 e. The van der Waals surface area contributed by atoms with Crippen LogP contribution in [0.15, 0.2) is 12.1 Å². The van der Waals surface area contributed by atoms with Crippen molar-refractivity contribution in [1.82, 2.24) is 24.7 Å². The lowest BCUT2D eigenvalue weighted by Gasteiger charge is -2.26. The van der Waals surface area contributed by atoms with Crippen LogP contribution >= 0.6 is 0 Å². The van der Waals surface area contributed by atoms with E-state index in [2.05, 4.69) is 25.5 Å². The van der Waals surface area contributed by atoms with Crippen LogP contribution in [0.5, 0.6) is 0 Å². The van der Waals surface area contributed by atoms with Crippen molar-refractivity contribution < 1.29 is 13.2 Å². The Kier molecular flexibility index (Phi) is 4.65. The summed E-state index contributed by atoms with van der Waals surface area (Å²) in [5.74, 6) is -0.717. The minimum Gasteiger partial charge on any atom is -0.369 e. The van der Waals surface area contributed by atoms with Gasteiger partial charge >= 0.3 is 6.18 Å². The summed E-state index contributed by atoms with van der Waals surface area (Å²) in [5, 5.41) is 13.6. The first kappa shape index (κ1) is 16.0. The number of anilines is 1. The first-order valence-electron chi connectivity index (χ1n) is 7.80. The van der Waals surface area contributed by atoms with E-state index in [0.717, 1.165) is 30.6 Å². The Morgan fingerprint density at radius 3 is 2.61 bits per heavy atom. The van der Waals surface area contributed by atoms with Gasteiger partial charge in [-0.2, -0.15) is 17.7 Å². The maximum absolute atomic E-state index is 12.8. The molecule has 1 N–H and O–H groups in total. The molecule has 0 aromatic carbocycles. The molecule has 1 fully saturated rings. The molecule has 0 unspecified atom stereocenters. The van der Waals surface area contributed by atoms with E-state index in [-0.39, 0.29) is 5.65 Å². The predicted octanol–water partition coefficient (Wildman–Crippen LogP) is 2.43. The molecule has 126 valence electrons. The van der Waals surface area contributed by atoms with E-state index < -0.39 is 12.0 Å². The van der Waals surface area contributed by atoms with Crippen molar-refractivity contribution in [3.8, 4) is 0 Å². The van der Waals surface area contributed by atoms with Gasteiger partial charge in [-0.1, -0.05) is 6.42 Å². The zero-order valence-corrected chi connectivity index (χ0v) is 12.7. The highest BCUT2D eigenvalue weighted by Gasteiger charge is 2.37. The van der Waals surface area contributed by atoms with E-state index in [1.54, 1.807) is 6.07 Å². The van der Waals surface area contributed by atoms with Crippen LogP contribution in [0.1, 0.15) is 31.5 Å². The molecule has 3 heterocycles. The van der Waals surface area contributed by atoms with Crippen LogP contribution in [0, 0.1) is 0 Å². The second-order valence-electron chi connectivity index (χ2n) is 5.69. The SMILES string of the molecule is FC(F)(F)c1nnc2ccc(NCCCN3CCCCC3)nn12. The van der Waals surface area contributed by atoms with Crippen molar-refractivity contribution >= 4 is 11.5 Å². The molecule has 23 heavy (non-hydrogen) atoms. The van der Waals surface area contributed by atoms with Crippen LogP contribution in [0.2, 0.25) is 0 Å². The van der Waals surface area contributed by atoms with Gasteiger partial charge in [0.15, 0.2) is 5.65 Å². The van der Waals surface area contributed by atoms with Gasteiger partial charge in [-0.25, -0.2) is 0 Å². The van der Waals surface area contributed by atoms with Gasteiger partial charge in [0.1, 0.15) is 5.82 Å². The molecule has 3 rings (SSSR count). The van der Waals surface area contributed by atoms with Gasteiger partial charge in [-0.3, -0.25) is 0 Å². The molecule has 0 saturated carbocycles. The number of likely N-dealkylation sites (tertiary alicyclic amines) is 1. The predicted molar refractivity (Wildman–Crippen MR) is 79.2 cm³/mol. The number of halogens is 3. The Balaban J connectivity index is 1.57. The van der Waals surface area contributed by atoms with Crippen molar-refractivity contribution in [3.63, 3.8) is 0 Å². The Labute approximate surface area is 131 Å². The number of fused-ring (bicyclic) bond motifs is 1. The summed E-state index contributed by atoms with van der Waals surface area (Å²) in [6, 6.07) is 3.09. The maximum atomic E-state index is 12.8. The quantitative estimate of drug-likeness (QED) is 0.854. The molecule has 1 aliphatic heterocycles. The average Bonchev–Trinajstić information content (AvgIpc) is 2.96. The van der Waals surface area contributed by atoms with Gasteiger partial charge in [-0.05, 0) is 51.0 Å². The van der Waals surface area contributed by atoms with Crippen molar-refractivity contribution in [2.24, 2.45) is 0 Å². The maximum Gasteiger partial charge on any atom is 0.453 e. The molecular weight excluding hydrogens is 309 g/mol. The van der Waals surface area contributed by atoms with E-state index in [1.807, 2.05) is 0 Å². The molecule has 0 amide bonds. The van der Waals surface area contributed by atoms with Crippen LogP contribution in [0.25, 0.3) is 5.65 Å². The highest BCUT2D eigenvalue weighted by molar-refractivity contribution is 5.44. The number of aromatic nitrogens is 4. The van der Waals surface area contributed by atoms with E-state index in [1.165, 1.54) is 25.3 Å². The number of rotatable bonds is 5.